The number of nitrogens with one attached hydrogen (secondary N) is 2. The van der Waals surface area contributed by atoms with Crippen LogP contribution < -0.4 is 10.6 Å². The number of guanidine groups is 1. The molecule has 1 rings (SSSR count). The van der Waals surface area contributed by atoms with E-state index < -0.39 is 15.5 Å². The molecule has 0 unspecified atom stereocenters. The van der Waals surface area contributed by atoms with Gasteiger partial charge in [0.2, 0.25) is 0 Å². The quantitative estimate of drug-likeness (QED) is 0.218. The molecular weight excluding hydrogens is 500 g/mol. The maximum atomic E-state index is 12.6. The van der Waals surface area contributed by atoms with Gasteiger partial charge in [-0.1, -0.05) is 13.8 Å². The number of alkyl halides is 3. The smallest absolute Gasteiger partial charge is 0.380 e. The van der Waals surface area contributed by atoms with E-state index in [0.29, 0.717) is 35.9 Å². The van der Waals surface area contributed by atoms with E-state index in [1.54, 1.807) is 7.05 Å². The molecule has 0 aromatic carbocycles. The van der Waals surface area contributed by atoms with E-state index in [4.69, 9.17) is 4.74 Å². The van der Waals surface area contributed by atoms with Crippen molar-refractivity contribution in [2.24, 2.45) is 10.9 Å². The van der Waals surface area contributed by atoms with Crippen molar-refractivity contribution in [1.29, 1.82) is 0 Å². The first-order valence-electron chi connectivity index (χ1n) is 8.69. The van der Waals surface area contributed by atoms with Crippen molar-refractivity contribution in [2.75, 3.05) is 39.9 Å². The number of hydrogen-bond donors (Lipinski definition) is 2. The topological polar surface area (TPSA) is 83.0 Å². The molecule has 1 aliphatic heterocycles. The molecule has 27 heavy (non-hydrogen) atoms. The highest BCUT2D eigenvalue weighted by Gasteiger charge is 2.50. The Morgan fingerprint density at radius 2 is 1.85 bits per heavy atom. The number of rotatable bonds is 8. The second kappa shape index (κ2) is 12.3. The highest BCUT2D eigenvalue weighted by atomic mass is 127. The number of nitrogens with zero attached hydrogens (tertiary/aromatic N) is 2. The fourth-order valence-corrected chi connectivity index (χ4v) is 3.42. The van der Waals surface area contributed by atoms with Gasteiger partial charge in [-0.2, -0.15) is 17.5 Å². The van der Waals surface area contributed by atoms with Gasteiger partial charge in [0.25, 0.3) is 0 Å². The first kappa shape index (κ1) is 26.7. The van der Waals surface area contributed by atoms with Crippen LogP contribution in [0, 0.1) is 5.92 Å². The predicted octanol–water partition coefficient (Wildman–Crippen LogP) is 2.15. The Bertz CT molecular complexity index is 551. The van der Waals surface area contributed by atoms with Gasteiger partial charge in [0.1, 0.15) is 0 Å². The molecule has 7 nitrogen and oxygen atoms in total. The highest BCUT2D eigenvalue weighted by molar-refractivity contribution is 14.0. The van der Waals surface area contributed by atoms with E-state index in [2.05, 4.69) is 29.5 Å². The third kappa shape index (κ3) is 9.13. The van der Waals surface area contributed by atoms with Gasteiger partial charge >= 0.3 is 15.5 Å². The summed E-state index contributed by atoms with van der Waals surface area (Å²) >= 11 is 0. The van der Waals surface area contributed by atoms with Crippen LogP contribution in [-0.4, -0.2) is 70.1 Å². The molecule has 0 atom stereocenters. The van der Waals surface area contributed by atoms with Crippen molar-refractivity contribution in [1.82, 2.24) is 14.9 Å². The summed E-state index contributed by atoms with van der Waals surface area (Å²) in [5, 5.41) is 6.18. The van der Waals surface area contributed by atoms with Crippen LogP contribution in [0.15, 0.2) is 4.99 Å². The number of ether oxygens (including phenoxy) is 1. The van der Waals surface area contributed by atoms with Crippen LogP contribution in [0.1, 0.15) is 33.1 Å². The molecule has 0 spiro atoms. The molecule has 1 aliphatic rings. The molecule has 0 radical (unpaired) electrons. The Hall–Kier alpha value is -0.340. The number of hydrogen-bond acceptors (Lipinski definition) is 4. The van der Waals surface area contributed by atoms with Crippen LogP contribution in [0.25, 0.3) is 0 Å². The van der Waals surface area contributed by atoms with Crippen LogP contribution in [0.2, 0.25) is 0 Å². The molecule has 0 aliphatic carbocycles. The molecule has 162 valence electrons. The zero-order chi connectivity index (χ0) is 19.8. The van der Waals surface area contributed by atoms with Gasteiger partial charge in [-0.05, 0) is 25.2 Å². The summed E-state index contributed by atoms with van der Waals surface area (Å²) in [5.74, 6) is 1.11. The van der Waals surface area contributed by atoms with Crippen molar-refractivity contribution >= 4 is 40.0 Å². The average Bonchev–Trinajstić information content (AvgIpc) is 2.56. The highest BCUT2D eigenvalue weighted by Crippen LogP contribution is 2.28. The van der Waals surface area contributed by atoms with Crippen LogP contribution in [-0.2, 0) is 14.8 Å². The second-order valence-electron chi connectivity index (χ2n) is 6.56. The number of aliphatic imine (C=N–C) groups is 1. The summed E-state index contributed by atoms with van der Waals surface area (Å²) in [6.45, 7) is 5.67. The Balaban J connectivity index is 0.00000676. The van der Waals surface area contributed by atoms with Crippen LogP contribution in [0.5, 0.6) is 0 Å². The molecular formula is C15H30F3IN4O3S. The monoisotopic (exact) mass is 530 g/mol. The standard InChI is InChI=1S/C15H29F3N4O3S.HI/c1-12(2)6-10-25-11-7-20-14(19-3)21-13-4-8-22(9-5-13)26(23,24)15(16,17)18;/h12-13H,4-11H2,1-3H3,(H2,19,20,21);1H. The van der Waals surface area contributed by atoms with E-state index in [1.165, 1.54) is 0 Å². The SMILES string of the molecule is CN=C(NCCOCCC(C)C)NC1CCN(S(=O)(=O)C(F)(F)F)CC1.I. The summed E-state index contributed by atoms with van der Waals surface area (Å²) in [6.07, 6.45) is 1.55. The maximum Gasteiger partial charge on any atom is 0.511 e. The van der Waals surface area contributed by atoms with Crippen molar-refractivity contribution in [3.8, 4) is 0 Å². The van der Waals surface area contributed by atoms with E-state index in [1.807, 2.05) is 0 Å². The third-order valence-electron chi connectivity index (χ3n) is 4.03. The van der Waals surface area contributed by atoms with E-state index in [-0.39, 0.29) is 55.9 Å². The zero-order valence-corrected chi connectivity index (χ0v) is 19.0. The van der Waals surface area contributed by atoms with Gasteiger partial charge < -0.3 is 15.4 Å². The van der Waals surface area contributed by atoms with Gasteiger partial charge in [0.15, 0.2) is 5.96 Å². The normalized spacial score (nSPS) is 17.7. The molecule has 1 saturated heterocycles. The second-order valence-corrected chi connectivity index (χ2v) is 8.49. The predicted molar refractivity (Wildman–Crippen MR) is 110 cm³/mol. The average molecular weight is 530 g/mol. The third-order valence-corrected chi connectivity index (χ3v) is 5.66. The number of sulfonamides is 1. The van der Waals surface area contributed by atoms with Gasteiger partial charge in [-0.25, -0.2) is 8.42 Å². The van der Waals surface area contributed by atoms with Gasteiger partial charge in [0, 0.05) is 39.3 Å². The summed E-state index contributed by atoms with van der Waals surface area (Å²) in [5.41, 5.74) is -5.25. The Labute approximate surface area is 176 Å². The molecule has 0 bridgehead atoms. The van der Waals surface area contributed by atoms with Crippen molar-refractivity contribution in [3.05, 3.63) is 0 Å². The Morgan fingerprint density at radius 1 is 1.26 bits per heavy atom. The minimum absolute atomic E-state index is 0. The lowest BCUT2D eigenvalue weighted by Crippen LogP contribution is -2.51. The fraction of sp³-hybridized carbons (Fsp3) is 0.933. The maximum absolute atomic E-state index is 12.6. The summed E-state index contributed by atoms with van der Waals surface area (Å²) in [7, 11) is -3.65. The summed E-state index contributed by atoms with van der Waals surface area (Å²) in [4.78, 5) is 4.06. The minimum Gasteiger partial charge on any atom is -0.380 e. The van der Waals surface area contributed by atoms with E-state index >= 15 is 0 Å². The molecule has 0 aromatic heterocycles. The molecule has 12 heteroatoms. The Morgan fingerprint density at radius 3 is 2.33 bits per heavy atom. The number of piperidine rings is 1. The largest absolute Gasteiger partial charge is 0.511 e. The van der Waals surface area contributed by atoms with Crippen LogP contribution in [0.4, 0.5) is 13.2 Å². The first-order chi connectivity index (χ1) is 12.1. The lowest BCUT2D eigenvalue weighted by Gasteiger charge is -2.32. The van der Waals surface area contributed by atoms with Gasteiger partial charge in [0.05, 0.1) is 6.61 Å². The van der Waals surface area contributed by atoms with Crippen molar-refractivity contribution < 1.29 is 26.3 Å². The lowest BCUT2D eigenvalue weighted by atomic mass is 10.1. The molecule has 1 fully saturated rings. The van der Waals surface area contributed by atoms with Gasteiger partial charge in [-0.15, -0.1) is 24.0 Å². The first-order valence-corrected chi connectivity index (χ1v) is 10.1. The van der Waals surface area contributed by atoms with Crippen LogP contribution >= 0.6 is 24.0 Å². The van der Waals surface area contributed by atoms with Crippen LogP contribution in [0.3, 0.4) is 0 Å². The lowest BCUT2D eigenvalue weighted by molar-refractivity contribution is -0.0494. The molecule has 0 aromatic rings. The van der Waals surface area contributed by atoms with Crippen molar-refractivity contribution in [2.45, 2.75) is 44.7 Å². The summed E-state index contributed by atoms with van der Waals surface area (Å²) in [6, 6.07) is -0.136. The molecule has 1 heterocycles. The van der Waals surface area contributed by atoms with E-state index in [9.17, 15) is 21.6 Å². The number of halogens is 4. The summed E-state index contributed by atoms with van der Waals surface area (Å²) < 4.78 is 66.5. The van der Waals surface area contributed by atoms with E-state index in [0.717, 1.165) is 6.42 Å². The molecule has 0 saturated carbocycles. The zero-order valence-electron chi connectivity index (χ0n) is 15.9. The Kier molecular flexibility index (Phi) is 12.1. The fourth-order valence-electron chi connectivity index (χ4n) is 2.44. The molecule has 0 amide bonds. The van der Waals surface area contributed by atoms with Gasteiger partial charge in [-0.3, -0.25) is 4.99 Å². The minimum atomic E-state index is -5.25. The molecule has 2 N–H and O–H groups in total. The van der Waals surface area contributed by atoms with Crippen molar-refractivity contribution in [3.63, 3.8) is 0 Å².